The summed E-state index contributed by atoms with van der Waals surface area (Å²) in [5.41, 5.74) is 13.9. The van der Waals surface area contributed by atoms with Gasteiger partial charge < -0.3 is 61.8 Å². The molecule has 19 nitrogen and oxygen atoms in total. The lowest BCUT2D eigenvalue weighted by atomic mass is 9.79. The summed E-state index contributed by atoms with van der Waals surface area (Å²) in [5, 5.41) is 37.2. The average molecular weight is 1410 g/mol. The number of nitrogens with one attached hydrogen (secondary N) is 3. The molecule has 6 aliphatic carbocycles. The van der Waals surface area contributed by atoms with E-state index < -0.39 is 63.5 Å². The van der Waals surface area contributed by atoms with Crippen LogP contribution in [0.1, 0.15) is 215 Å². The van der Waals surface area contributed by atoms with Crippen molar-refractivity contribution < 1.29 is 63.1 Å². The number of amides is 3. The summed E-state index contributed by atoms with van der Waals surface area (Å²) >= 11 is 0. The molecule has 0 saturated heterocycles. The predicted octanol–water partition coefficient (Wildman–Crippen LogP) is 15.1. The van der Waals surface area contributed by atoms with Gasteiger partial charge in [-0.05, 0) is 194 Å². The molecule has 6 saturated carbocycles. The Labute approximate surface area is 594 Å². The van der Waals surface area contributed by atoms with E-state index in [-0.39, 0.29) is 106 Å². The van der Waals surface area contributed by atoms with Gasteiger partial charge in [-0.15, -0.1) is 37.2 Å². The van der Waals surface area contributed by atoms with E-state index in [0.29, 0.717) is 55.6 Å². The zero-order valence-electron chi connectivity index (χ0n) is 59.0. The Morgan fingerprint density at radius 2 is 0.897 bits per heavy atom. The van der Waals surface area contributed by atoms with Gasteiger partial charge >= 0.3 is 36.2 Å². The number of ketones is 1. The Balaban J connectivity index is 0.000000357. The van der Waals surface area contributed by atoms with Crippen molar-refractivity contribution in [3.8, 4) is 0 Å². The number of alkyl carbamates (subject to hydrolysis) is 2. The minimum absolute atomic E-state index is 0. The molecule has 97 heavy (non-hydrogen) atoms. The molecule has 0 bridgehead atoms. The maximum Gasteiger partial charge on any atom is 0.410 e. The Hall–Kier alpha value is -6.48. The van der Waals surface area contributed by atoms with Crippen molar-refractivity contribution in [3.63, 3.8) is 0 Å². The first kappa shape index (κ1) is 84.7. The zero-order chi connectivity index (χ0) is 69.4. The van der Waals surface area contributed by atoms with E-state index in [1.54, 1.807) is 41.5 Å². The molecule has 6 fully saturated rings. The minimum Gasteiger partial charge on any atom is -0.480 e. The van der Waals surface area contributed by atoms with Crippen molar-refractivity contribution in [1.29, 1.82) is 0 Å². The number of Topliss-reactive ketones (excluding diaryl/α,β-unsaturated/α-hetero) is 1. The summed E-state index contributed by atoms with van der Waals surface area (Å²) < 4.78 is 16.2. The van der Waals surface area contributed by atoms with E-state index >= 15 is 0 Å². The van der Waals surface area contributed by atoms with Crippen LogP contribution in [0.25, 0.3) is 18.2 Å². The number of nitrogens with zero attached hydrogens (tertiary/aromatic N) is 1. The van der Waals surface area contributed by atoms with E-state index in [1.165, 1.54) is 40.7 Å². The number of nitrogens with two attached hydrogens (primary N) is 2. The van der Waals surface area contributed by atoms with Crippen LogP contribution < -0.4 is 27.4 Å². The highest BCUT2D eigenvalue weighted by atomic mass is 35.5. The quantitative estimate of drug-likeness (QED) is 0.0549. The number of aliphatic carboxylic acids is 3. The number of rotatable bonds is 18. The maximum atomic E-state index is 13.5. The van der Waals surface area contributed by atoms with Gasteiger partial charge in [0.1, 0.15) is 39.2 Å². The standard InChI is InChI=1S/C30H44N2O6.C20H28N2O2.C13H17N.C12H19NO5.3ClH/c1-8-21(18-20-12-10-9-11-13-20)23-19-24(23)32(27(36)38-29(5,6)7)22-14-16-30(17-15-22,25(33)34)31-26(35)37-28(2,3)4;1-2-15(12-14-6-4-3-5-7-14)17-13-18(17)22-16-8-10-20(21,11-9-16)19(23)24;1-2-11(12-9-13(12)14)8-10-6-4-3-5-7-10;1-11(2,3)18-10(17)13-12(9(15)16)6-4-8(14)5-7-12;;;/h9-13,18,22-24H,8,14-17,19H2,1-7H3,(H,31,35)(H,33,34);3-7,12,16-18,22H,2,8-11,13,21H2,1H3,(H,23,24);3-8,12-13H,2,9,14H2,1H3;4-7H2,1-3H3,(H,13,17)(H,15,16);3*1H/b21-18+;15-12+;11-8+;;;;/t22?,23-,24+,30?;16?,17-,18+,20?;12-,13+;;;;/m000..../s1. The summed E-state index contributed by atoms with van der Waals surface area (Å²) in [7, 11) is 0. The highest BCUT2D eigenvalue weighted by Crippen LogP contribution is 2.47. The van der Waals surface area contributed by atoms with E-state index in [1.807, 2.05) is 56.0 Å². The third-order valence-electron chi connectivity index (χ3n) is 18.4. The smallest absolute Gasteiger partial charge is 0.410 e. The fraction of sp³-hybridized carbons (Fsp3) is 0.587. The van der Waals surface area contributed by atoms with Crippen molar-refractivity contribution in [2.45, 2.75) is 262 Å². The van der Waals surface area contributed by atoms with Gasteiger partial charge in [-0.3, -0.25) is 9.59 Å². The number of carboxylic acid groups (broad SMARTS) is 3. The van der Waals surface area contributed by atoms with Crippen molar-refractivity contribution >= 4 is 97.4 Å². The molecule has 6 atom stereocenters. The molecular weight excluding hydrogens is 1300 g/mol. The van der Waals surface area contributed by atoms with Crippen LogP contribution in [0.4, 0.5) is 14.4 Å². The van der Waals surface area contributed by atoms with Crippen LogP contribution in [0.5, 0.6) is 0 Å². The average Bonchev–Trinajstić information content (AvgIpc) is 1.63. The van der Waals surface area contributed by atoms with Gasteiger partial charge in [-0.1, -0.05) is 147 Å². The molecule has 6 aliphatic rings. The van der Waals surface area contributed by atoms with E-state index in [9.17, 15) is 48.9 Å². The van der Waals surface area contributed by atoms with Gasteiger partial charge in [-0.2, -0.15) is 0 Å². The molecule has 3 aromatic rings. The molecule has 0 radical (unpaired) electrons. The van der Waals surface area contributed by atoms with Crippen LogP contribution in [0.3, 0.4) is 0 Å². The SMILES string of the molecule is CC(C)(C)OC(=O)NC1(C(=O)O)CCC(=O)CC1.CC/C(=C\c1ccccc1)[C@@H]1C[C@H]1N.CC/C(=C\c1ccccc1)[C@@H]1C[C@H]1N(C(=O)OC(C)(C)C)C1CCC(NC(=O)OC(C)(C)C)(C(=O)O)CC1.CC/C(=C\c1ccccc1)[C@@H]1C[C@H]1NC1CCC(N)(C(=O)O)CC1.Cl.Cl.Cl. The molecule has 9 rings (SSSR count). The zero-order valence-corrected chi connectivity index (χ0v) is 61.4. The molecule has 0 spiro atoms. The number of hydrogen-bond donors (Lipinski definition) is 8. The fourth-order valence-corrected chi connectivity index (χ4v) is 12.8. The highest BCUT2D eigenvalue weighted by molar-refractivity contribution is 5.89. The van der Waals surface area contributed by atoms with Gasteiger partial charge in [-0.25, -0.2) is 24.0 Å². The number of hydrogen-bond acceptors (Lipinski definition) is 13. The highest BCUT2D eigenvalue weighted by Gasteiger charge is 2.53. The molecule has 0 unspecified atom stereocenters. The number of benzene rings is 3. The molecule has 3 amide bonds. The number of carbonyl (C=O) groups excluding carboxylic acids is 4. The van der Waals surface area contributed by atoms with Crippen molar-refractivity contribution in [2.24, 2.45) is 29.2 Å². The van der Waals surface area contributed by atoms with E-state index in [2.05, 4.69) is 116 Å². The monoisotopic (exact) mass is 1410 g/mol. The molecule has 0 heterocycles. The lowest BCUT2D eigenvalue weighted by Gasteiger charge is -2.42. The number of ether oxygens (including phenoxy) is 3. The van der Waals surface area contributed by atoms with Gasteiger partial charge in [0.05, 0.1) is 0 Å². The van der Waals surface area contributed by atoms with Crippen LogP contribution in [0.2, 0.25) is 0 Å². The topological polar surface area (TPSA) is 299 Å². The molecule has 3 aromatic carbocycles. The largest absolute Gasteiger partial charge is 0.480 e. The molecule has 22 heteroatoms. The van der Waals surface area contributed by atoms with Crippen LogP contribution in [-0.2, 0) is 33.4 Å². The first-order chi connectivity index (χ1) is 44.1. The van der Waals surface area contributed by atoms with Gasteiger partial charge in [0.15, 0.2) is 0 Å². The number of halogens is 3. The normalized spacial score (nSPS) is 25.7. The van der Waals surface area contributed by atoms with Crippen LogP contribution >= 0.6 is 37.2 Å². The number of carboxylic acids is 3. The van der Waals surface area contributed by atoms with Crippen LogP contribution in [0.15, 0.2) is 108 Å². The maximum absolute atomic E-state index is 13.5. The molecule has 0 aliphatic heterocycles. The first-order valence-electron chi connectivity index (χ1n) is 33.9. The van der Waals surface area contributed by atoms with Crippen molar-refractivity contribution in [1.82, 2.24) is 20.9 Å². The summed E-state index contributed by atoms with van der Waals surface area (Å²) in [4.78, 5) is 85.4. The third kappa shape index (κ3) is 26.6. The molecule has 10 N–H and O–H groups in total. The summed E-state index contributed by atoms with van der Waals surface area (Å²) in [5.74, 6) is -1.53. The Morgan fingerprint density at radius 1 is 0.526 bits per heavy atom. The minimum atomic E-state index is -1.43. The molecular formula is C75H111Cl3N6O13. The molecule has 0 aromatic heterocycles. The predicted molar refractivity (Wildman–Crippen MR) is 389 cm³/mol. The second-order valence-corrected chi connectivity index (χ2v) is 29.4. The van der Waals surface area contributed by atoms with Crippen molar-refractivity contribution in [2.75, 3.05) is 0 Å². The lowest BCUT2D eigenvalue weighted by Crippen LogP contribution is -2.59. The van der Waals surface area contributed by atoms with Gasteiger partial charge in [0, 0.05) is 49.0 Å². The first-order valence-corrected chi connectivity index (χ1v) is 33.9. The Kier molecular flexibility index (Phi) is 32.4. The van der Waals surface area contributed by atoms with Crippen LogP contribution in [-0.4, -0.2) is 126 Å². The fourth-order valence-electron chi connectivity index (χ4n) is 12.8. The van der Waals surface area contributed by atoms with Crippen LogP contribution in [0, 0.1) is 17.8 Å². The summed E-state index contributed by atoms with van der Waals surface area (Å²) in [6.45, 7) is 22.4. The van der Waals surface area contributed by atoms with Crippen molar-refractivity contribution in [3.05, 3.63) is 124 Å². The van der Waals surface area contributed by atoms with E-state index in [0.717, 1.165) is 44.1 Å². The second kappa shape index (κ2) is 37.1. The van der Waals surface area contributed by atoms with E-state index in [4.69, 9.17) is 25.7 Å². The summed E-state index contributed by atoms with van der Waals surface area (Å²) in [6, 6.07) is 32.3. The summed E-state index contributed by atoms with van der Waals surface area (Å²) in [6.07, 6.45) is 15.9. The third-order valence-corrected chi connectivity index (χ3v) is 18.4. The molecule has 540 valence electrons. The lowest BCUT2D eigenvalue weighted by molar-refractivity contribution is -0.148. The number of carbonyl (C=O) groups is 7. The van der Waals surface area contributed by atoms with Gasteiger partial charge in [0.2, 0.25) is 0 Å². The Bertz CT molecular complexity index is 3140. The van der Waals surface area contributed by atoms with Gasteiger partial charge in [0.25, 0.3) is 0 Å². The Morgan fingerprint density at radius 3 is 1.25 bits per heavy atom. The second-order valence-electron chi connectivity index (χ2n) is 29.4.